The van der Waals surface area contributed by atoms with Crippen LogP contribution in [0, 0.1) is 5.82 Å². The van der Waals surface area contributed by atoms with E-state index in [2.05, 4.69) is 0 Å². The van der Waals surface area contributed by atoms with Crippen molar-refractivity contribution in [1.29, 1.82) is 0 Å². The SMILES string of the molecule is CN(C)CC(N)Cc1cccc(F)c1. The highest BCUT2D eigenvalue weighted by Crippen LogP contribution is 2.05. The molecule has 2 nitrogen and oxygen atoms in total. The van der Waals surface area contributed by atoms with E-state index in [-0.39, 0.29) is 11.9 Å². The highest BCUT2D eigenvalue weighted by Gasteiger charge is 2.05. The van der Waals surface area contributed by atoms with Gasteiger partial charge < -0.3 is 10.6 Å². The van der Waals surface area contributed by atoms with Gasteiger partial charge >= 0.3 is 0 Å². The first kappa shape index (κ1) is 11.1. The molecule has 14 heavy (non-hydrogen) atoms. The molecule has 3 heteroatoms. The zero-order valence-corrected chi connectivity index (χ0v) is 8.70. The Morgan fingerprint density at radius 3 is 2.71 bits per heavy atom. The minimum atomic E-state index is -0.195. The fourth-order valence-electron chi connectivity index (χ4n) is 1.50. The van der Waals surface area contributed by atoms with Crippen molar-refractivity contribution in [2.75, 3.05) is 20.6 Å². The standard InChI is InChI=1S/C11H17FN2/c1-14(2)8-11(13)7-9-4-3-5-10(12)6-9/h3-6,11H,7-8,13H2,1-2H3. The lowest BCUT2D eigenvalue weighted by Gasteiger charge is -2.16. The molecule has 1 aromatic carbocycles. The van der Waals surface area contributed by atoms with E-state index in [9.17, 15) is 4.39 Å². The van der Waals surface area contributed by atoms with Crippen molar-refractivity contribution < 1.29 is 4.39 Å². The van der Waals surface area contributed by atoms with Gasteiger partial charge in [-0.05, 0) is 38.2 Å². The average Bonchev–Trinajstić information content (AvgIpc) is 2.01. The van der Waals surface area contributed by atoms with Crippen LogP contribution < -0.4 is 5.73 Å². The molecule has 78 valence electrons. The van der Waals surface area contributed by atoms with E-state index in [4.69, 9.17) is 5.73 Å². The van der Waals surface area contributed by atoms with Gasteiger partial charge in [0.1, 0.15) is 5.82 Å². The summed E-state index contributed by atoms with van der Waals surface area (Å²) in [5.74, 6) is -0.195. The zero-order valence-electron chi connectivity index (χ0n) is 8.70. The number of nitrogens with two attached hydrogens (primary N) is 1. The van der Waals surface area contributed by atoms with Crippen LogP contribution in [0.15, 0.2) is 24.3 Å². The van der Waals surface area contributed by atoms with E-state index >= 15 is 0 Å². The minimum absolute atomic E-state index is 0.0619. The van der Waals surface area contributed by atoms with Gasteiger partial charge in [-0.25, -0.2) is 4.39 Å². The van der Waals surface area contributed by atoms with Gasteiger partial charge in [-0.3, -0.25) is 0 Å². The molecule has 0 spiro atoms. The molecular formula is C11H17FN2. The second-order valence-corrected chi connectivity index (χ2v) is 3.86. The number of nitrogens with zero attached hydrogens (tertiary/aromatic N) is 1. The molecule has 0 saturated carbocycles. The second kappa shape index (κ2) is 5.08. The molecule has 0 amide bonds. The summed E-state index contributed by atoms with van der Waals surface area (Å²) in [7, 11) is 3.96. The van der Waals surface area contributed by atoms with Crippen LogP contribution in [0.1, 0.15) is 5.56 Å². The molecule has 0 heterocycles. The maximum absolute atomic E-state index is 12.8. The van der Waals surface area contributed by atoms with Gasteiger partial charge in [-0.1, -0.05) is 12.1 Å². The van der Waals surface area contributed by atoms with Crippen molar-refractivity contribution in [1.82, 2.24) is 4.90 Å². The zero-order chi connectivity index (χ0) is 10.6. The minimum Gasteiger partial charge on any atom is -0.326 e. The Bertz CT molecular complexity index is 286. The Labute approximate surface area is 84.5 Å². The lowest BCUT2D eigenvalue weighted by atomic mass is 10.1. The fourth-order valence-corrected chi connectivity index (χ4v) is 1.50. The number of rotatable bonds is 4. The molecule has 0 aliphatic carbocycles. The highest BCUT2D eigenvalue weighted by atomic mass is 19.1. The number of hydrogen-bond acceptors (Lipinski definition) is 2. The Morgan fingerprint density at radius 2 is 2.14 bits per heavy atom. The summed E-state index contributed by atoms with van der Waals surface area (Å²) in [6.07, 6.45) is 0.718. The van der Waals surface area contributed by atoms with Crippen LogP contribution in [0.5, 0.6) is 0 Å². The molecule has 1 rings (SSSR count). The van der Waals surface area contributed by atoms with Gasteiger partial charge in [-0.15, -0.1) is 0 Å². The van der Waals surface area contributed by atoms with E-state index in [0.29, 0.717) is 0 Å². The predicted molar refractivity (Wildman–Crippen MR) is 56.6 cm³/mol. The van der Waals surface area contributed by atoms with Crippen LogP contribution in [0.25, 0.3) is 0 Å². The van der Waals surface area contributed by atoms with E-state index in [1.807, 2.05) is 25.1 Å². The summed E-state index contributed by atoms with van der Waals surface area (Å²) in [5.41, 5.74) is 6.85. The monoisotopic (exact) mass is 196 g/mol. The third kappa shape index (κ3) is 3.85. The number of hydrogen-bond donors (Lipinski definition) is 1. The van der Waals surface area contributed by atoms with Crippen molar-refractivity contribution in [3.05, 3.63) is 35.6 Å². The van der Waals surface area contributed by atoms with Gasteiger partial charge in [0.05, 0.1) is 0 Å². The predicted octanol–water partition coefficient (Wildman–Crippen LogP) is 1.26. The summed E-state index contributed by atoms with van der Waals surface area (Å²) in [6.45, 7) is 0.816. The van der Waals surface area contributed by atoms with Crippen LogP contribution in [0.2, 0.25) is 0 Å². The van der Waals surface area contributed by atoms with E-state index in [1.165, 1.54) is 12.1 Å². The summed E-state index contributed by atoms with van der Waals surface area (Å²) < 4.78 is 12.8. The van der Waals surface area contributed by atoms with Gasteiger partial charge in [-0.2, -0.15) is 0 Å². The van der Waals surface area contributed by atoms with Crippen molar-refractivity contribution in [3.63, 3.8) is 0 Å². The molecule has 0 radical (unpaired) electrons. The Morgan fingerprint density at radius 1 is 1.43 bits per heavy atom. The van der Waals surface area contributed by atoms with E-state index in [0.717, 1.165) is 18.5 Å². The molecule has 0 aromatic heterocycles. The third-order valence-electron chi connectivity index (χ3n) is 1.99. The first-order chi connectivity index (χ1) is 6.58. The maximum Gasteiger partial charge on any atom is 0.123 e. The van der Waals surface area contributed by atoms with Gasteiger partial charge in [0, 0.05) is 12.6 Å². The van der Waals surface area contributed by atoms with Gasteiger partial charge in [0.2, 0.25) is 0 Å². The van der Waals surface area contributed by atoms with Crippen LogP contribution in [-0.4, -0.2) is 31.6 Å². The van der Waals surface area contributed by atoms with Crippen molar-refractivity contribution in [2.45, 2.75) is 12.5 Å². The summed E-state index contributed by atoms with van der Waals surface area (Å²) in [6, 6.07) is 6.66. The van der Waals surface area contributed by atoms with Gasteiger partial charge in [0.15, 0.2) is 0 Å². The van der Waals surface area contributed by atoms with Crippen LogP contribution >= 0.6 is 0 Å². The normalized spacial score (nSPS) is 13.2. The molecule has 1 unspecified atom stereocenters. The van der Waals surface area contributed by atoms with E-state index < -0.39 is 0 Å². The molecular weight excluding hydrogens is 179 g/mol. The Balaban J connectivity index is 2.51. The molecule has 0 saturated heterocycles. The average molecular weight is 196 g/mol. The van der Waals surface area contributed by atoms with Crippen molar-refractivity contribution in [2.24, 2.45) is 5.73 Å². The van der Waals surface area contributed by atoms with Crippen LogP contribution in [0.4, 0.5) is 4.39 Å². The van der Waals surface area contributed by atoms with Crippen LogP contribution in [-0.2, 0) is 6.42 Å². The highest BCUT2D eigenvalue weighted by molar-refractivity contribution is 5.17. The quantitative estimate of drug-likeness (QED) is 0.785. The van der Waals surface area contributed by atoms with Crippen LogP contribution in [0.3, 0.4) is 0 Å². The second-order valence-electron chi connectivity index (χ2n) is 3.86. The molecule has 2 N–H and O–H groups in total. The lowest BCUT2D eigenvalue weighted by molar-refractivity contribution is 0.371. The summed E-state index contributed by atoms with van der Waals surface area (Å²) in [5, 5.41) is 0. The number of benzene rings is 1. The summed E-state index contributed by atoms with van der Waals surface area (Å²) >= 11 is 0. The number of halogens is 1. The van der Waals surface area contributed by atoms with E-state index in [1.54, 1.807) is 6.07 Å². The smallest absolute Gasteiger partial charge is 0.123 e. The molecule has 0 fully saturated rings. The Hall–Kier alpha value is -0.930. The third-order valence-corrected chi connectivity index (χ3v) is 1.99. The molecule has 0 bridgehead atoms. The molecule has 1 aromatic rings. The largest absolute Gasteiger partial charge is 0.326 e. The summed E-state index contributed by atoms with van der Waals surface area (Å²) in [4.78, 5) is 2.03. The fraction of sp³-hybridized carbons (Fsp3) is 0.455. The first-order valence-corrected chi connectivity index (χ1v) is 4.72. The maximum atomic E-state index is 12.8. The number of likely N-dealkylation sites (N-methyl/N-ethyl adjacent to an activating group) is 1. The Kier molecular flexibility index (Phi) is 4.04. The molecule has 0 aliphatic heterocycles. The molecule has 1 atom stereocenters. The van der Waals surface area contributed by atoms with Crippen molar-refractivity contribution in [3.8, 4) is 0 Å². The van der Waals surface area contributed by atoms with Gasteiger partial charge in [0.25, 0.3) is 0 Å². The first-order valence-electron chi connectivity index (χ1n) is 4.72. The lowest BCUT2D eigenvalue weighted by Crippen LogP contribution is -2.34. The van der Waals surface area contributed by atoms with Crippen molar-refractivity contribution >= 4 is 0 Å². The topological polar surface area (TPSA) is 29.3 Å². The molecule has 0 aliphatic rings.